The van der Waals surface area contributed by atoms with E-state index in [4.69, 9.17) is 27.4 Å². The first kappa shape index (κ1) is 9.79. The van der Waals surface area contributed by atoms with Gasteiger partial charge in [0.15, 0.2) is 5.11 Å². The minimum absolute atomic E-state index is 0.235. The molecule has 2 rings (SSSR count). The molecule has 1 aromatic carbocycles. The maximum atomic E-state index is 5.37. The van der Waals surface area contributed by atoms with Crippen LogP contribution in [0.2, 0.25) is 0 Å². The molecule has 0 unspecified atom stereocenters. The Bertz CT molecular complexity index is 398. The molecule has 0 radical (unpaired) electrons. The highest BCUT2D eigenvalue weighted by atomic mass is 32.1. The fourth-order valence-corrected chi connectivity index (χ4v) is 1.42. The van der Waals surface area contributed by atoms with E-state index in [9.17, 15) is 0 Å². The van der Waals surface area contributed by atoms with Gasteiger partial charge in [-0.1, -0.05) is 12.1 Å². The third-order valence-corrected chi connectivity index (χ3v) is 1.99. The zero-order chi connectivity index (χ0) is 10.7. The van der Waals surface area contributed by atoms with Gasteiger partial charge in [-0.2, -0.15) is 0 Å². The van der Waals surface area contributed by atoms with Gasteiger partial charge in [-0.25, -0.2) is 0 Å². The van der Waals surface area contributed by atoms with Crippen molar-refractivity contribution >= 4 is 23.0 Å². The van der Waals surface area contributed by atoms with Crippen molar-refractivity contribution in [2.24, 2.45) is 5.73 Å². The van der Waals surface area contributed by atoms with Crippen molar-refractivity contribution in [1.82, 2.24) is 0 Å². The quantitative estimate of drug-likeness (QED) is 0.748. The molecule has 0 amide bonds. The lowest BCUT2D eigenvalue weighted by atomic mass is 10.2. The Balaban J connectivity index is 2.15. The van der Waals surface area contributed by atoms with Crippen LogP contribution in [0.3, 0.4) is 0 Å². The van der Waals surface area contributed by atoms with Crippen molar-refractivity contribution in [2.45, 2.75) is 6.29 Å². The third-order valence-electron chi connectivity index (χ3n) is 1.89. The van der Waals surface area contributed by atoms with E-state index >= 15 is 0 Å². The SMILES string of the molecule is NC(=S)Nc1cccc(C2OC=CO2)c1. The summed E-state index contributed by atoms with van der Waals surface area (Å²) in [6, 6.07) is 7.52. The Morgan fingerprint density at radius 1 is 1.33 bits per heavy atom. The van der Waals surface area contributed by atoms with Gasteiger partial charge < -0.3 is 20.5 Å². The van der Waals surface area contributed by atoms with E-state index in [-0.39, 0.29) is 11.4 Å². The van der Waals surface area contributed by atoms with Crippen molar-refractivity contribution in [2.75, 3.05) is 5.32 Å². The summed E-state index contributed by atoms with van der Waals surface area (Å²) in [5.41, 5.74) is 7.10. The Kier molecular flexibility index (Phi) is 2.73. The van der Waals surface area contributed by atoms with Gasteiger partial charge in [-0.15, -0.1) is 0 Å². The Morgan fingerprint density at radius 3 is 2.73 bits per heavy atom. The topological polar surface area (TPSA) is 56.5 Å². The molecule has 1 heterocycles. The molecule has 15 heavy (non-hydrogen) atoms. The van der Waals surface area contributed by atoms with E-state index in [1.165, 1.54) is 12.5 Å². The molecule has 1 aliphatic heterocycles. The molecule has 78 valence electrons. The van der Waals surface area contributed by atoms with Crippen LogP contribution in [0.15, 0.2) is 36.8 Å². The zero-order valence-electron chi connectivity index (χ0n) is 7.84. The molecule has 3 N–H and O–H groups in total. The highest BCUT2D eigenvalue weighted by molar-refractivity contribution is 7.80. The minimum atomic E-state index is -0.377. The maximum absolute atomic E-state index is 5.37. The maximum Gasteiger partial charge on any atom is 0.266 e. The number of thiocarbonyl (C=S) groups is 1. The molecule has 0 atom stereocenters. The molecule has 1 aliphatic rings. The largest absolute Gasteiger partial charge is 0.455 e. The first-order valence-corrected chi connectivity index (χ1v) is 4.79. The summed E-state index contributed by atoms with van der Waals surface area (Å²) >= 11 is 4.75. The van der Waals surface area contributed by atoms with E-state index < -0.39 is 0 Å². The first-order chi connectivity index (χ1) is 7.25. The number of benzene rings is 1. The van der Waals surface area contributed by atoms with Gasteiger partial charge in [0.25, 0.3) is 6.29 Å². The fourth-order valence-electron chi connectivity index (χ4n) is 1.30. The lowest BCUT2D eigenvalue weighted by molar-refractivity contribution is -0.0245. The molecule has 5 heteroatoms. The second-order valence-corrected chi connectivity index (χ2v) is 3.43. The summed E-state index contributed by atoms with van der Waals surface area (Å²) in [6.45, 7) is 0. The van der Waals surface area contributed by atoms with E-state index in [0.717, 1.165) is 11.3 Å². The van der Waals surface area contributed by atoms with Crippen molar-refractivity contribution < 1.29 is 9.47 Å². The van der Waals surface area contributed by atoms with Crippen LogP contribution < -0.4 is 11.1 Å². The minimum Gasteiger partial charge on any atom is -0.455 e. The average Bonchev–Trinajstić information content (AvgIpc) is 2.69. The predicted molar refractivity (Wildman–Crippen MR) is 60.9 cm³/mol. The molecule has 0 spiro atoms. The van der Waals surface area contributed by atoms with Crippen LogP contribution in [0.1, 0.15) is 11.9 Å². The van der Waals surface area contributed by atoms with E-state index in [0.29, 0.717) is 0 Å². The number of hydrogen-bond acceptors (Lipinski definition) is 3. The Hall–Kier alpha value is -1.75. The molecule has 0 saturated heterocycles. The first-order valence-electron chi connectivity index (χ1n) is 4.38. The highest BCUT2D eigenvalue weighted by Crippen LogP contribution is 2.25. The molecule has 0 fully saturated rings. The number of anilines is 1. The van der Waals surface area contributed by atoms with Crippen molar-refractivity contribution in [3.8, 4) is 0 Å². The van der Waals surface area contributed by atoms with Gasteiger partial charge in [-0.05, 0) is 24.4 Å². The Morgan fingerprint density at radius 2 is 2.07 bits per heavy atom. The summed E-state index contributed by atoms with van der Waals surface area (Å²) in [4.78, 5) is 0. The Labute approximate surface area is 92.7 Å². The fraction of sp³-hybridized carbons (Fsp3) is 0.100. The number of nitrogens with two attached hydrogens (primary N) is 1. The summed E-state index contributed by atoms with van der Waals surface area (Å²) in [7, 11) is 0. The summed E-state index contributed by atoms with van der Waals surface area (Å²) in [6.07, 6.45) is 2.65. The van der Waals surface area contributed by atoms with Crippen LogP contribution in [0.25, 0.3) is 0 Å². The average molecular weight is 222 g/mol. The van der Waals surface area contributed by atoms with Gasteiger partial charge >= 0.3 is 0 Å². The molecule has 0 bridgehead atoms. The molecule has 4 nitrogen and oxygen atoms in total. The van der Waals surface area contributed by atoms with Crippen LogP contribution in [-0.4, -0.2) is 5.11 Å². The molecular weight excluding hydrogens is 212 g/mol. The van der Waals surface area contributed by atoms with Crippen molar-refractivity contribution in [3.05, 3.63) is 42.4 Å². The molecular formula is C10H10N2O2S. The van der Waals surface area contributed by atoms with Crippen molar-refractivity contribution in [1.29, 1.82) is 0 Å². The standard InChI is InChI=1S/C10H10N2O2S/c11-10(15)12-8-3-1-2-7(6-8)9-13-4-5-14-9/h1-6,9H,(H3,11,12,15). The number of rotatable bonds is 2. The second kappa shape index (κ2) is 4.18. The lowest BCUT2D eigenvalue weighted by Crippen LogP contribution is -2.19. The normalized spacial score (nSPS) is 14.4. The monoisotopic (exact) mass is 222 g/mol. The number of nitrogens with one attached hydrogen (secondary N) is 1. The highest BCUT2D eigenvalue weighted by Gasteiger charge is 2.15. The summed E-state index contributed by atoms with van der Waals surface area (Å²) < 4.78 is 10.4. The van der Waals surface area contributed by atoms with Gasteiger partial charge in [0.2, 0.25) is 0 Å². The predicted octanol–water partition coefficient (Wildman–Crippen LogP) is 1.86. The van der Waals surface area contributed by atoms with Crippen molar-refractivity contribution in [3.63, 3.8) is 0 Å². The van der Waals surface area contributed by atoms with Gasteiger partial charge in [-0.3, -0.25) is 0 Å². The summed E-state index contributed by atoms with van der Waals surface area (Å²) in [5, 5.41) is 3.08. The van der Waals surface area contributed by atoms with Crippen LogP contribution in [0, 0.1) is 0 Å². The molecule has 1 aromatic rings. The number of ether oxygens (including phenoxy) is 2. The smallest absolute Gasteiger partial charge is 0.266 e. The number of hydrogen-bond donors (Lipinski definition) is 2. The molecule has 0 saturated carbocycles. The van der Waals surface area contributed by atoms with Crippen LogP contribution >= 0.6 is 12.2 Å². The zero-order valence-corrected chi connectivity index (χ0v) is 8.66. The summed E-state index contributed by atoms with van der Waals surface area (Å²) in [5.74, 6) is 0. The van der Waals surface area contributed by atoms with E-state index in [2.05, 4.69) is 5.32 Å². The van der Waals surface area contributed by atoms with Crippen LogP contribution in [-0.2, 0) is 9.47 Å². The van der Waals surface area contributed by atoms with Crippen LogP contribution in [0.4, 0.5) is 5.69 Å². The van der Waals surface area contributed by atoms with Gasteiger partial charge in [0.1, 0.15) is 12.5 Å². The molecule has 0 aliphatic carbocycles. The van der Waals surface area contributed by atoms with Gasteiger partial charge in [0, 0.05) is 11.3 Å². The second-order valence-electron chi connectivity index (χ2n) is 2.99. The lowest BCUT2D eigenvalue weighted by Gasteiger charge is -2.12. The van der Waals surface area contributed by atoms with Gasteiger partial charge in [0.05, 0.1) is 0 Å². The third kappa shape index (κ3) is 2.38. The molecule has 0 aromatic heterocycles. The van der Waals surface area contributed by atoms with E-state index in [1.807, 2.05) is 24.3 Å². The van der Waals surface area contributed by atoms with E-state index in [1.54, 1.807) is 0 Å². The van der Waals surface area contributed by atoms with Crippen LogP contribution in [0.5, 0.6) is 0 Å².